The fourth-order valence-electron chi connectivity index (χ4n) is 3.79. The van der Waals surface area contributed by atoms with E-state index >= 15 is 0 Å². The molecule has 3 rings (SSSR count). The van der Waals surface area contributed by atoms with Crippen molar-refractivity contribution in [2.24, 2.45) is 0 Å². The lowest BCUT2D eigenvalue weighted by molar-refractivity contribution is 0.310. The van der Waals surface area contributed by atoms with Crippen molar-refractivity contribution >= 4 is 32.5 Å². The average Bonchev–Trinajstić information content (AvgIpc) is 2.96. The van der Waals surface area contributed by atoms with Crippen LogP contribution in [0.1, 0.15) is 38.4 Å². The highest BCUT2D eigenvalue weighted by atomic mass is 35.5. The normalized spacial score (nSPS) is 13.0. The van der Waals surface area contributed by atoms with Gasteiger partial charge >= 0.3 is 5.69 Å². The lowest BCUT2D eigenvalue weighted by Gasteiger charge is -2.20. The van der Waals surface area contributed by atoms with Crippen molar-refractivity contribution in [2.45, 2.75) is 32.9 Å². The summed E-state index contributed by atoms with van der Waals surface area (Å²) in [6.45, 7) is 6.07. The van der Waals surface area contributed by atoms with E-state index in [1.165, 1.54) is 11.7 Å². The van der Waals surface area contributed by atoms with Gasteiger partial charge in [-0.2, -0.15) is 0 Å². The zero-order chi connectivity index (χ0) is 22.9. The lowest BCUT2D eigenvalue weighted by atomic mass is 10.1. The molecule has 0 aliphatic rings. The topological polar surface area (TPSA) is 79.5 Å². The van der Waals surface area contributed by atoms with Crippen molar-refractivity contribution in [3.8, 4) is 11.5 Å². The molecule has 0 saturated carbocycles. The van der Waals surface area contributed by atoms with Crippen LogP contribution in [0.25, 0.3) is 11.0 Å². The number of rotatable bonds is 8. The van der Waals surface area contributed by atoms with Crippen molar-refractivity contribution in [3.05, 3.63) is 57.5 Å². The molecule has 1 aromatic heterocycles. The van der Waals surface area contributed by atoms with Crippen molar-refractivity contribution in [1.82, 2.24) is 9.13 Å². The highest BCUT2D eigenvalue weighted by molar-refractivity contribution is 7.90. The highest BCUT2D eigenvalue weighted by Gasteiger charge is 2.27. The van der Waals surface area contributed by atoms with E-state index in [1.54, 1.807) is 41.0 Å². The summed E-state index contributed by atoms with van der Waals surface area (Å²) >= 11 is 6.20. The van der Waals surface area contributed by atoms with Crippen LogP contribution in [0.3, 0.4) is 0 Å². The van der Waals surface area contributed by atoms with Crippen LogP contribution in [0, 0.1) is 0 Å². The summed E-state index contributed by atoms with van der Waals surface area (Å²) in [6.07, 6.45) is 1.16. The monoisotopic (exact) mass is 466 g/mol. The lowest BCUT2D eigenvalue weighted by Crippen LogP contribution is -2.32. The molecule has 9 heteroatoms. The highest BCUT2D eigenvalue weighted by Crippen LogP contribution is 2.33. The van der Waals surface area contributed by atoms with Gasteiger partial charge in [0.15, 0.2) is 11.5 Å². The Morgan fingerprint density at radius 2 is 1.74 bits per heavy atom. The predicted molar refractivity (Wildman–Crippen MR) is 124 cm³/mol. The van der Waals surface area contributed by atoms with Gasteiger partial charge in [0.1, 0.15) is 9.84 Å². The predicted octanol–water partition coefficient (Wildman–Crippen LogP) is 4.08. The van der Waals surface area contributed by atoms with E-state index in [1.807, 2.05) is 20.8 Å². The van der Waals surface area contributed by atoms with E-state index in [-0.39, 0.29) is 17.5 Å². The van der Waals surface area contributed by atoms with Crippen LogP contribution < -0.4 is 15.2 Å². The van der Waals surface area contributed by atoms with E-state index in [4.69, 9.17) is 21.1 Å². The summed E-state index contributed by atoms with van der Waals surface area (Å²) < 4.78 is 38.9. The number of methoxy groups -OCH3 is 1. The zero-order valence-electron chi connectivity index (χ0n) is 18.3. The molecule has 0 bridgehead atoms. The molecular weight excluding hydrogens is 440 g/mol. The first-order chi connectivity index (χ1) is 14.6. The van der Waals surface area contributed by atoms with Crippen LogP contribution in [0.5, 0.6) is 11.5 Å². The SMILES string of the molecule is CCOc1cc([C@H](CS(C)(=O)=O)n2c(=O)n(C(C)C)c3cc(Cl)ccc32)ccc1OC. The Morgan fingerprint density at radius 1 is 1.03 bits per heavy atom. The molecule has 0 saturated heterocycles. The number of benzene rings is 2. The van der Waals surface area contributed by atoms with Crippen LogP contribution in [-0.2, 0) is 9.84 Å². The molecule has 0 spiro atoms. The second-order valence-corrected chi connectivity index (χ2v) is 10.3. The van der Waals surface area contributed by atoms with Crippen LogP contribution in [-0.4, -0.2) is 43.3 Å². The number of imidazole rings is 1. The van der Waals surface area contributed by atoms with Gasteiger partial charge in [0.05, 0.1) is 36.5 Å². The summed E-state index contributed by atoms with van der Waals surface area (Å²) in [5, 5.41) is 0.502. The Balaban J connectivity index is 2.34. The summed E-state index contributed by atoms with van der Waals surface area (Å²) in [4.78, 5) is 13.5. The molecule has 168 valence electrons. The zero-order valence-corrected chi connectivity index (χ0v) is 19.8. The number of hydrogen-bond donors (Lipinski definition) is 0. The molecule has 0 N–H and O–H groups in total. The minimum atomic E-state index is -3.43. The minimum Gasteiger partial charge on any atom is -0.493 e. The fraction of sp³-hybridized carbons (Fsp3) is 0.409. The molecule has 7 nitrogen and oxygen atoms in total. The molecule has 2 aromatic carbocycles. The summed E-state index contributed by atoms with van der Waals surface area (Å²) in [7, 11) is -1.89. The van der Waals surface area contributed by atoms with Gasteiger partial charge < -0.3 is 9.47 Å². The molecule has 0 fully saturated rings. The van der Waals surface area contributed by atoms with E-state index < -0.39 is 15.9 Å². The van der Waals surface area contributed by atoms with Gasteiger partial charge in [-0.05, 0) is 56.7 Å². The van der Waals surface area contributed by atoms with Crippen molar-refractivity contribution < 1.29 is 17.9 Å². The molecule has 1 heterocycles. The van der Waals surface area contributed by atoms with Crippen molar-refractivity contribution in [2.75, 3.05) is 25.7 Å². The number of aromatic nitrogens is 2. The van der Waals surface area contributed by atoms with Gasteiger partial charge in [0.25, 0.3) is 0 Å². The van der Waals surface area contributed by atoms with Gasteiger partial charge in [0, 0.05) is 17.3 Å². The molecule has 0 aliphatic heterocycles. The van der Waals surface area contributed by atoms with Crippen molar-refractivity contribution in [3.63, 3.8) is 0 Å². The molecule has 0 unspecified atom stereocenters. The molecular formula is C22H27ClN2O5S. The van der Waals surface area contributed by atoms with Crippen LogP contribution in [0.2, 0.25) is 5.02 Å². The fourth-order valence-corrected chi connectivity index (χ4v) is 4.87. The molecule has 0 radical (unpaired) electrons. The Labute approximate surface area is 187 Å². The Morgan fingerprint density at radius 3 is 2.32 bits per heavy atom. The second-order valence-electron chi connectivity index (χ2n) is 7.70. The number of halogens is 1. The smallest absolute Gasteiger partial charge is 0.329 e. The Kier molecular flexibility index (Phi) is 6.71. The second kappa shape index (κ2) is 8.96. The first kappa shape index (κ1) is 23.2. The van der Waals surface area contributed by atoms with Gasteiger partial charge in [-0.1, -0.05) is 17.7 Å². The third-order valence-electron chi connectivity index (χ3n) is 5.03. The van der Waals surface area contributed by atoms with E-state index in [9.17, 15) is 13.2 Å². The number of hydrogen-bond acceptors (Lipinski definition) is 5. The van der Waals surface area contributed by atoms with Gasteiger partial charge in [-0.25, -0.2) is 13.2 Å². The van der Waals surface area contributed by atoms with E-state index in [0.29, 0.717) is 39.7 Å². The van der Waals surface area contributed by atoms with Crippen LogP contribution in [0.4, 0.5) is 0 Å². The van der Waals surface area contributed by atoms with E-state index in [2.05, 4.69) is 0 Å². The number of fused-ring (bicyclic) bond motifs is 1. The molecule has 1 atom stereocenters. The maximum atomic E-state index is 13.5. The van der Waals surface area contributed by atoms with Crippen LogP contribution in [0.15, 0.2) is 41.2 Å². The summed E-state index contributed by atoms with van der Waals surface area (Å²) in [5.74, 6) is 0.780. The first-order valence-electron chi connectivity index (χ1n) is 9.97. The Bertz CT molecular complexity index is 1260. The van der Waals surface area contributed by atoms with Crippen LogP contribution >= 0.6 is 11.6 Å². The van der Waals surface area contributed by atoms with Crippen molar-refractivity contribution in [1.29, 1.82) is 0 Å². The summed E-state index contributed by atoms with van der Waals surface area (Å²) in [5.41, 5.74) is 1.61. The standard InChI is InChI=1S/C22H27ClN2O5S/c1-6-30-21-11-15(7-10-20(21)29-4)19(13-31(5,27)28)25-17-9-8-16(23)12-18(17)24(14(2)3)22(25)26/h7-12,14,19H,6,13H2,1-5H3/t19-/m0/s1. The third-order valence-corrected chi connectivity index (χ3v) is 6.19. The van der Waals surface area contributed by atoms with Gasteiger partial charge in [0.2, 0.25) is 0 Å². The largest absolute Gasteiger partial charge is 0.493 e. The number of sulfone groups is 1. The molecule has 0 aliphatic carbocycles. The third kappa shape index (κ3) is 4.75. The molecule has 3 aromatic rings. The number of nitrogens with zero attached hydrogens (tertiary/aromatic N) is 2. The van der Waals surface area contributed by atoms with Gasteiger partial charge in [-0.15, -0.1) is 0 Å². The maximum absolute atomic E-state index is 13.5. The molecule has 0 amide bonds. The van der Waals surface area contributed by atoms with Gasteiger partial charge in [-0.3, -0.25) is 9.13 Å². The molecule has 31 heavy (non-hydrogen) atoms. The average molecular weight is 467 g/mol. The minimum absolute atomic E-state index is 0.136. The summed E-state index contributed by atoms with van der Waals surface area (Å²) in [6, 6.07) is 9.50. The number of ether oxygens (including phenoxy) is 2. The Hall–Kier alpha value is -2.45. The first-order valence-corrected chi connectivity index (χ1v) is 12.4. The van der Waals surface area contributed by atoms with E-state index in [0.717, 1.165) is 6.26 Å². The quantitative estimate of drug-likeness (QED) is 0.499. The maximum Gasteiger partial charge on any atom is 0.329 e.